The van der Waals surface area contributed by atoms with Crippen molar-refractivity contribution in [2.45, 2.75) is 38.5 Å². The maximum atomic E-state index is 9.55. The van der Waals surface area contributed by atoms with Crippen molar-refractivity contribution in [3.05, 3.63) is 24.8 Å². The van der Waals surface area contributed by atoms with Crippen LogP contribution in [0.5, 0.6) is 0 Å². The van der Waals surface area contributed by atoms with Gasteiger partial charge in [0.05, 0.1) is 5.71 Å². The van der Waals surface area contributed by atoms with Crippen molar-refractivity contribution >= 4 is 17.7 Å². The number of piperazine rings is 1. The second-order valence-electron chi connectivity index (χ2n) is 7.39. The molecule has 0 radical (unpaired) electrons. The fraction of sp³-hybridized carbons (Fsp3) is 0.667. The topological polar surface area (TPSA) is 103 Å². The second-order valence-corrected chi connectivity index (χ2v) is 7.39. The molecule has 164 valence electrons. The molecule has 1 saturated carbocycles. The molecule has 1 aliphatic carbocycles. The minimum Gasteiger partial charge on any atom is -0.478 e. The smallest absolute Gasteiger partial charge is 0.328 e. The number of carboxylic acid groups (broad SMARTS) is 2. The summed E-state index contributed by atoms with van der Waals surface area (Å²) in [5.41, 5.74) is 1.26. The van der Waals surface area contributed by atoms with Crippen molar-refractivity contribution in [3.63, 3.8) is 0 Å². The standard InChI is InChI=1S/C17H31N3O.C4H4O4/c1-3-7-16-8-4-5-9-17(16)18-21-15-6-10-20-13-11-19(2)12-14-20;5-3(6)1-2-4(7)8/h3,16H,1,4-15H2,2H3;1-2H,(H,5,6)(H,7,8)/b18-17+;2-1+. The molecule has 29 heavy (non-hydrogen) atoms. The Labute approximate surface area is 173 Å². The lowest BCUT2D eigenvalue weighted by Gasteiger charge is -2.32. The van der Waals surface area contributed by atoms with Crippen molar-refractivity contribution in [2.75, 3.05) is 46.4 Å². The van der Waals surface area contributed by atoms with E-state index in [1.54, 1.807) is 0 Å². The van der Waals surface area contributed by atoms with Crippen LogP contribution in [0, 0.1) is 5.92 Å². The predicted octanol–water partition coefficient (Wildman–Crippen LogP) is 2.47. The van der Waals surface area contributed by atoms with Crippen LogP contribution in [0.25, 0.3) is 0 Å². The van der Waals surface area contributed by atoms with Crippen LogP contribution >= 0.6 is 0 Å². The van der Waals surface area contributed by atoms with Crippen LogP contribution in [-0.4, -0.2) is 84.0 Å². The zero-order chi connectivity index (χ0) is 21.5. The van der Waals surface area contributed by atoms with Gasteiger partial charge in [-0.25, -0.2) is 9.59 Å². The summed E-state index contributed by atoms with van der Waals surface area (Å²) in [5, 5.41) is 20.0. The first-order valence-corrected chi connectivity index (χ1v) is 10.3. The molecule has 2 N–H and O–H groups in total. The molecule has 8 heteroatoms. The van der Waals surface area contributed by atoms with Gasteiger partial charge in [0.1, 0.15) is 6.61 Å². The first kappa shape index (κ1) is 24.8. The number of rotatable bonds is 9. The average Bonchev–Trinajstić information content (AvgIpc) is 2.69. The number of aliphatic carboxylic acids is 2. The molecule has 1 aliphatic heterocycles. The summed E-state index contributed by atoms with van der Waals surface area (Å²) in [6.45, 7) is 10.5. The van der Waals surface area contributed by atoms with Gasteiger partial charge in [0.25, 0.3) is 0 Å². The Morgan fingerprint density at radius 2 is 1.83 bits per heavy atom. The molecule has 1 saturated heterocycles. The summed E-state index contributed by atoms with van der Waals surface area (Å²) >= 11 is 0. The number of carboxylic acids is 2. The highest BCUT2D eigenvalue weighted by Crippen LogP contribution is 2.24. The second kappa shape index (κ2) is 14.8. The van der Waals surface area contributed by atoms with Gasteiger partial charge in [-0.2, -0.15) is 0 Å². The fourth-order valence-electron chi connectivity index (χ4n) is 3.34. The van der Waals surface area contributed by atoms with Crippen molar-refractivity contribution < 1.29 is 24.6 Å². The molecule has 0 aromatic heterocycles. The number of oxime groups is 1. The Morgan fingerprint density at radius 3 is 2.41 bits per heavy atom. The number of carbonyl (C=O) groups is 2. The number of likely N-dealkylation sites (N-methyl/N-ethyl adjacent to an activating group) is 1. The quantitative estimate of drug-likeness (QED) is 0.261. The summed E-state index contributed by atoms with van der Waals surface area (Å²) in [7, 11) is 2.19. The molecule has 8 nitrogen and oxygen atoms in total. The van der Waals surface area contributed by atoms with Gasteiger partial charge in [0.15, 0.2) is 0 Å². The van der Waals surface area contributed by atoms with E-state index in [0.29, 0.717) is 18.1 Å². The number of hydrogen-bond acceptors (Lipinski definition) is 6. The van der Waals surface area contributed by atoms with Gasteiger partial charge < -0.3 is 24.9 Å². The maximum Gasteiger partial charge on any atom is 0.328 e. The van der Waals surface area contributed by atoms with Crippen molar-refractivity contribution in [1.29, 1.82) is 0 Å². The van der Waals surface area contributed by atoms with Gasteiger partial charge in [0.2, 0.25) is 0 Å². The van der Waals surface area contributed by atoms with E-state index < -0.39 is 11.9 Å². The summed E-state index contributed by atoms with van der Waals surface area (Å²) in [5.74, 6) is -1.94. The first-order chi connectivity index (χ1) is 13.9. The number of nitrogens with zero attached hydrogens (tertiary/aromatic N) is 3. The Balaban J connectivity index is 0.000000447. The lowest BCUT2D eigenvalue weighted by atomic mass is 9.85. The number of hydrogen-bond donors (Lipinski definition) is 2. The molecule has 2 rings (SSSR count). The molecule has 2 aliphatic rings. The monoisotopic (exact) mass is 409 g/mol. The Bertz CT molecular complexity index is 553. The van der Waals surface area contributed by atoms with Gasteiger partial charge in [-0.05, 0) is 39.2 Å². The van der Waals surface area contributed by atoms with Crippen LogP contribution in [0.1, 0.15) is 38.5 Å². The van der Waals surface area contributed by atoms with Crippen molar-refractivity contribution in [2.24, 2.45) is 11.1 Å². The minimum atomic E-state index is -1.26. The maximum absolute atomic E-state index is 9.55. The summed E-state index contributed by atoms with van der Waals surface area (Å²) in [4.78, 5) is 29.6. The molecular weight excluding hydrogens is 374 g/mol. The molecule has 0 amide bonds. The molecule has 1 atom stereocenters. The normalized spacial score (nSPS) is 22.1. The highest BCUT2D eigenvalue weighted by Gasteiger charge is 2.19. The van der Waals surface area contributed by atoms with Crippen LogP contribution in [0.15, 0.2) is 30.0 Å². The molecule has 0 bridgehead atoms. The van der Waals surface area contributed by atoms with E-state index in [-0.39, 0.29) is 0 Å². The van der Waals surface area contributed by atoms with Crippen LogP contribution in [0.2, 0.25) is 0 Å². The van der Waals surface area contributed by atoms with Gasteiger partial charge in [-0.15, -0.1) is 6.58 Å². The van der Waals surface area contributed by atoms with E-state index in [4.69, 9.17) is 15.1 Å². The molecule has 1 heterocycles. The minimum absolute atomic E-state index is 0.558. The fourth-order valence-corrected chi connectivity index (χ4v) is 3.34. The first-order valence-electron chi connectivity index (χ1n) is 10.3. The van der Waals surface area contributed by atoms with Gasteiger partial charge in [-0.3, -0.25) is 0 Å². The lowest BCUT2D eigenvalue weighted by Crippen LogP contribution is -2.44. The van der Waals surface area contributed by atoms with E-state index in [2.05, 4.69) is 28.6 Å². The Hall–Kier alpha value is -2.19. The Morgan fingerprint density at radius 1 is 1.17 bits per heavy atom. The third kappa shape index (κ3) is 12.1. The van der Waals surface area contributed by atoms with E-state index in [1.807, 2.05) is 6.08 Å². The van der Waals surface area contributed by atoms with Gasteiger partial charge >= 0.3 is 11.9 Å². The number of allylic oxidation sites excluding steroid dienone is 1. The summed E-state index contributed by atoms with van der Waals surface area (Å²) in [6, 6.07) is 0. The SMILES string of the molecule is C=CCC1CCCC/C1=N\OCCCN1CCN(C)CC1.O=C(O)/C=C/C(=O)O. The molecule has 2 fully saturated rings. The van der Waals surface area contributed by atoms with Crippen LogP contribution in [0.4, 0.5) is 0 Å². The lowest BCUT2D eigenvalue weighted by molar-refractivity contribution is -0.134. The molecule has 0 aromatic rings. The van der Waals surface area contributed by atoms with Gasteiger partial charge in [-0.1, -0.05) is 17.7 Å². The van der Waals surface area contributed by atoms with E-state index >= 15 is 0 Å². The van der Waals surface area contributed by atoms with Crippen molar-refractivity contribution in [1.82, 2.24) is 9.80 Å². The largest absolute Gasteiger partial charge is 0.478 e. The third-order valence-electron chi connectivity index (χ3n) is 5.01. The highest BCUT2D eigenvalue weighted by molar-refractivity contribution is 5.89. The van der Waals surface area contributed by atoms with E-state index in [9.17, 15) is 9.59 Å². The Kier molecular flexibility index (Phi) is 12.6. The zero-order valence-corrected chi connectivity index (χ0v) is 17.5. The van der Waals surface area contributed by atoms with Crippen LogP contribution in [-0.2, 0) is 14.4 Å². The average molecular weight is 410 g/mol. The van der Waals surface area contributed by atoms with E-state index in [1.165, 1.54) is 51.2 Å². The molecule has 1 unspecified atom stereocenters. The highest BCUT2D eigenvalue weighted by atomic mass is 16.6. The molecular formula is C21H35N3O5. The van der Waals surface area contributed by atoms with Gasteiger partial charge in [0, 0.05) is 50.8 Å². The van der Waals surface area contributed by atoms with E-state index in [0.717, 1.165) is 32.4 Å². The zero-order valence-electron chi connectivity index (χ0n) is 17.5. The third-order valence-corrected chi connectivity index (χ3v) is 5.01. The van der Waals surface area contributed by atoms with Crippen LogP contribution in [0.3, 0.4) is 0 Å². The summed E-state index contributed by atoms with van der Waals surface area (Å²) < 4.78 is 0. The predicted molar refractivity (Wildman–Crippen MR) is 113 cm³/mol. The van der Waals surface area contributed by atoms with Crippen LogP contribution < -0.4 is 0 Å². The summed E-state index contributed by atoms with van der Waals surface area (Å²) in [6.07, 6.45) is 10.2. The molecule has 0 aromatic carbocycles. The van der Waals surface area contributed by atoms with Crippen molar-refractivity contribution in [3.8, 4) is 0 Å². The molecule has 0 spiro atoms.